The lowest BCUT2D eigenvalue weighted by atomic mass is 9.90. The van der Waals surface area contributed by atoms with Crippen molar-refractivity contribution < 1.29 is 146 Å². The van der Waals surface area contributed by atoms with Crippen molar-refractivity contribution in [2.24, 2.45) is 35.5 Å². The molecule has 12 rings (SSSR count). The average Bonchev–Trinajstić information content (AvgIpc) is 1.76. The van der Waals surface area contributed by atoms with Crippen LogP contribution in [0.4, 0.5) is 52.7 Å². The lowest BCUT2D eigenvalue weighted by Crippen LogP contribution is -2.64. The van der Waals surface area contributed by atoms with E-state index in [2.05, 4.69) is 68.1 Å². The number of rotatable bonds is 15. The molecule has 3 aliphatic carbocycles. The highest BCUT2D eigenvalue weighted by Crippen LogP contribution is 2.39. The fourth-order valence-corrected chi connectivity index (χ4v) is 14.6. The van der Waals surface area contributed by atoms with Crippen LogP contribution in [0.2, 0.25) is 0 Å². The first-order valence-corrected chi connectivity index (χ1v) is 39.8. The SMILES string of the molecule is C[C@H]1NC(=O)C(C2CC2)N(C)C(=O)[C@H](C)[C@H](O)[C@H](Cc2c(F)nc(F)c(F)c2F)NC(=O)[C@H]1NC(=O)c1ccccc1O.C[C@H]1NC(=O)C(C2CC2)NC(=O)[C@H](C)[C@H](O)[C@H](Cc2c(F)nc(F)c(F)c2F)NC(=O)[C@H]1NC(=O)c1ccccc1O.C[C@H]1NC(=O)C(C2CC2)OC(=O)[C@H](C)[C@H](O)[C@H](Cc2c(F)nc(F)c(F)c2F)NC(=O)[C@H]1NC(=O)c1ccccc1O. The number of amides is 11. The second-order valence-electron chi connectivity index (χ2n) is 31.7. The molecule has 11 amide bonds. The standard InChI is InChI=1S/C28H31F4N5O6.C27H29F4N5O6.C27H28F4N4O7/c1-11-22(39)16(10-15-18(29)19(30)24(32)36-23(15)31)34-26(41)20(35-25(40)14-6-4-5-7-17(14)38)12(2)33-27(42)21(13-8-9-13)37(3)28(11)43;1-10-21(38)15(9-14-17(28)18(29)23(31)36-22(14)30)33-26(41)19(34-25(40)13-5-3-4-6-16(13)37)11(2)32-27(42)20(12-7-8-12)35-24(10)39;1-10-20(37)15(9-14-17(28)18(29)23(31)35-22(14)30)33-25(39)19(34-24(38)13-5-3-4-6-16(13)36)11(2)32-26(40)21(12-7-8-12)42-27(10)41/h4-7,11-13,16,20-22,38-39H,8-10H2,1-3H3,(H,33,42)(H,34,41)(H,35,40);3-6,10-12,15,19-21,37-38H,7-9H2,1-2H3,(H,32,42)(H,33,41)(H,34,40)(H,35,39);3-6,10-12,15,19-21,36-37H,7-9H2,1-2H3,(H,32,40)(H,33,39)(H,34,38)/t11-,12-,16+,20+,21?,22+;10-,11-,15+,19+,20?,21+;10-,11-,15+,19+,20+,21?/m111/s1. The molecule has 684 valence electrons. The Morgan fingerprint density at radius 3 is 1.04 bits per heavy atom. The van der Waals surface area contributed by atoms with E-state index in [0.717, 1.165) is 4.90 Å². The number of phenols is 3. The quantitative estimate of drug-likeness (QED) is 0.0399. The van der Waals surface area contributed by atoms with Crippen LogP contribution in [0.1, 0.15) is 128 Å². The van der Waals surface area contributed by atoms with Gasteiger partial charge in [-0.2, -0.15) is 54.5 Å². The number of hydrogen-bond donors (Lipinski definition) is 16. The molecule has 3 aromatic carbocycles. The molecule has 16 N–H and O–H groups in total. The number of cyclic esters (lactones) is 1. The highest BCUT2D eigenvalue weighted by atomic mass is 19.2. The number of carbonyl (C=O) groups excluding carboxylic acids is 12. The fourth-order valence-electron chi connectivity index (χ4n) is 14.6. The minimum atomic E-state index is -2.09. The van der Waals surface area contributed by atoms with Gasteiger partial charge in [-0.05, 0) is 114 Å². The first-order valence-electron chi connectivity index (χ1n) is 39.8. The van der Waals surface area contributed by atoms with Crippen LogP contribution in [0.25, 0.3) is 0 Å². The zero-order chi connectivity index (χ0) is 93.5. The van der Waals surface area contributed by atoms with E-state index in [4.69, 9.17) is 4.74 Å². The maximum atomic E-state index is 14.6. The second kappa shape index (κ2) is 40.7. The van der Waals surface area contributed by atoms with Crippen molar-refractivity contribution in [2.75, 3.05) is 7.05 Å². The number of aliphatic hydroxyl groups is 3. The van der Waals surface area contributed by atoms with Gasteiger partial charge in [-0.15, -0.1) is 0 Å². The highest BCUT2D eigenvalue weighted by molar-refractivity contribution is 6.02. The van der Waals surface area contributed by atoms with Crippen molar-refractivity contribution in [3.63, 3.8) is 0 Å². The fraction of sp³-hybridized carbons (Fsp3) is 0.451. The normalized spacial score (nSPS) is 27.1. The molecule has 6 fully saturated rings. The predicted molar refractivity (Wildman–Crippen MR) is 412 cm³/mol. The van der Waals surface area contributed by atoms with Gasteiger partial charge >= 0.3 is 5.97 Å². The molecule has 3 saturated heterocycles. The predicted octanol–water partition coefficient (Wildman–Crippen LogP) is 2.51. The Hall–Kier alpha value is -12.8. The Bertz CT molecular complexity index is 5050. The van der Waals surface area contributed by atoms with Crippen molar-refractivity contribution in [2.45, 2.75) is 190 Å². The Balaban J connectivity index is 0.000000199. The number of nitrogens with zero attached hydrogens (tertiary/aromatic N) is 4. The van der Waals surface area contributed by atoms with Crippen molar-refractivity contribution in [3.8, 4) is 17.2 Å². The molecule has 6 heterocycles. The lowest BCUT2D eigenvalue weighted by molar-refractivity contribution is -0.165. The van der Waals surface area contributed by atoms with Gasteiger partial charge in [0.25, 0.3) is 41.5 Å². The lowest BCUT2D eigenvalue weighted by Gasteiger charge is -2.37. The van der Waals surface area contributed by atoms with Gasteiger partial charge in [-0.3, -0.25) is 57.5 Å². The average molecular weight is 1800 g/mol. The van der Waals surface area contributed by atoms with Crippen LogP contribution < -0.4 is 53.2 Å². The van der Waals surface area contributed by atoms with Gasteiger partial charge < -0.3 is 93.4 Å². The van der Waals surface area contributed by atoms with Gasteiger partial charge in [-0.25, -0.2) is 13.2 Å². The van der Waals surface area contributed by atoms with Crippen molar-refractivity contribution in [1.29, 1.82) is 0 Å². The second-order valence-corrected chi connectivity index (χ2v) is 31.7. The smallest absolute Gasteiger partial charge is 0.312 e. The molecule has 18 atom stereocenters. The number of ether oxygens (including phenoxy) is 1. The van der Waals surface area contributed by atoms with E-state index in [1.807, 2.05) is 0 Å². The summed E-state index contributed by atoms with van der Waals surface area (Å²) in [5, 5.41) is 88.1. The zero-order valence-corrected chi connectivity index (χ0v) is 68.2. The number of aromatic nitrogens is 3. The number of nitrogens with one attached hydrogen (secondary N) is 10. The summed E-state index contributed by atoms with van der Waals surface area (Å²) in [6.07, 6.45) is -6.32. The summed E-state index contributed by atoms with van der Waals surface area (Å²) in [6.45, 7) is 7.79. The Labute approximate surface area is 713 Å². The molecule has 6 aliphatic rings. The molecular formula is C82H88F12N14O19. The number of pyridine rings is 3. The Morgan fingerprint density at radius 2 is 0.701 bits per heavy atom. The largest absolute Gasteiger partial charge is 0.507 e. The summed E-state index contributed by atoms with van der Waals surface area (Å²) < 4.78 is 175. The van der Waals surface area contributed by atoms with Gasteiger partial charge in [0.1, 0.15) is 47.5 Å². The number of esters is 1. The van der Waals surface area contributed by atoms with E-state index >= 15 is 0 Å². The topological polar surface area (TPSA) is 498 Å². The summed E-state index contributed by atoms with van der Waals surface area (Å²) in [4.78, 5) is 168. The van der Waals surface area contributed by atoms with E-state index in [1.165, 1.54) is 121 Å². The van der Waals surface area contributed by atoms with E-state index in [-0.39, 0.29) is 34.4 Å². The molecule has 127 heavy (non-hydrogen) atoms. The number of benzene rings is 3. The molecule has 3 aliphatic heterocycles. The monoisotopic (exact) mass is 1800 g/mol. The molecular weight excluding hydrogens is 1710 g/mol. The molecule has 3 saturated carbocycles. The van der Waals surface area contributed by atoms with Crippen LogP contribution in [0, 0.1) is 106 Å². The first-order chi connectivity index (χ1) is 59.8. The van der Waals surface area contributed by atoms with Gasteiger partial charge in [0.2, 0.25) is 76.6 Å². The maximum Gasteiger partial charge on any atom is 0.312 e. The third kappa shape index (κ3) is 22.5. The molecule has 3 aromatic heterocycles. The third-order valence-corrected chi connectivity index (χ3v) is 22.5. The number of halogens is 12. The molecule has 6 aromatic rings. The van der Waals surface area contributed by atoms with Gasteiger partial charge in [0.15, 0.2) is 23.6 Å². The summed E-state index contributed by atoms with van der Waals surface area (Å²) in [5.41, 5.74) is -3.97. The molecule has 0 spiro atoms. The molecule has 45 heteroatoms. The minimum absolute atomic E-state index is 0.205. The summed E-state index contributed by atoms with van der Waals surface area (Å²) in [5.74, 6) is -40.3. The van der Waals surface area contributed by atoms with Gasteiger partial charge in [0.05, 0.1) is 89.0 Å². The summed E-state index contributed by atoms with van der Waals surface area (Å²) >= 11 is 0. The van der Waals surface area contributed by atoms with E-state index in [0.29, 0.717) is 38.5 Å². The number of aliphatic hydroxyl groups excluding tert-OH is 3. The number of carbonyl (C=O) groups is 12. The van der Waals surface area contributed by atoms with E-state index in [9.17, 15) is 141 Å². The van der Waals surface area contributed by atoms with Crippen molar-refractivity contribution >= 4 is 70.9 Å². The number of hydrogen-bond acceptors (Lipinski definition) is 22. The number of likely N-dealkylation sites (N-methyl/N-ethyl adjacent to an activating group) is 1. The number of para-hydroxylation sites is 3. The highest BCUT2D eigenvalue weighted by Gasteiger charge is 2.50. The Morgan fingerprint density at radius 1 is 0.386 bits per heavy atom. The maximum absolute atomic E-state index is 14.6. The van der Waals surface area contributed by atoms with Crippen LogP contribution in [0.5, 0.6) is 17.2 Å². The van der Waals surface area contributed by atoms with Crippen molar-refractivity contribution in [1.82, 2.24) is 73.0 Å². The van der Waals surface area contributed by atoms with Gasteiger partial charge in [-0.1, -0.05) is 50.2 Å². The molecule has 0 radical (unpaired) electrons. The third-order valence-electron chi connectivity index (χ3n) is 22.5. The van der Waals surface area contributed by atoms with Crippen LogP contribution in [0.15, 0.2) is 72.8 Å². The Kier molecular flexibility index (Phi) is 30.9. The number of aromatic hydroxyl groups is 3. The molecule has 0 bridgehead atoms. The minimum Gasteiger partial charge on any atom is -0.507 e. The van der Waals surface area contributed by atoms with Crippen molar-refractivity contribution in [3.05, 3.63) is 177 Å². The van der Waals surface area contributed by atoms with Crippen LogP contribution in [-0.2, 0) is 67.2 Å². The molecule has 3 unspecified atom stereocenters. The zero-order valence-electron chi connectivity index (χ0n) is 68.2. The van der Waals surface area contributed by atoms with E-state index in [1.54, 1.807) is 0 Å². The van der Waals surface area contributed by atoms with Crippen LogP contribution in [-0.4, -0.2) is 219 Å². The van der Waals surface area contributed by atoms with Gasteiger partial charge in [0, 0.05) is 48.9 Å². The summed E-state index contributed by atoms with van der Waals surface area (Å²) in [6, 6.07) is 0.806. The molecule has 33 nitrogen and oxygen atoms in total. The van der Waals surface area contributed by atoms with Crippen LogP contribution in [0.3, 0.4) is 0 Å². The summed E-state index contributed by atoms with van der Waals surface area (Å²) in [7, 11) is 1.36. The van der Waals surface area contributed by atoms with Crippen LogP contribution >= 0.6 is 0 Å². The first kappa shape index (κ1) is 96.4. The number of phenolic OH excluding ortho intramolecular Hbond substituents is 3. The van der Waals surface area contributed by atoms with E-state index < -0.39 is 303 Å².